The Morgan fingerprint density at radius 3 is 2.23 bits per heavy atom. The van der Waals surface area contributed by atoms with Crippen LogP contribution < -0.4 is 16.0 Å². The second kappa shape index (κ2) is 11.8. The summed E-state index contributed by atoms with van der Waals surface area (Å²) in [4.78, 5) is 16.0. The largest absolute Gasteiger partial charge is 0.444 e. The van der Waals surface area contributed by atoms with Crippen LogP contribution in [0.3, 0.4) is 0 Å². The maximum Gasteiger partial charge on any atom is 0.407 e. The van der Waals surface area contributed by atoms with Crippen molar-refractivity contribution in [2.75, 3.05) is 13.6 Å². The highest BCUT2D eigenvalue weighted by atomic mass is 127. The van der Waals surface area contributed by atoms with Gasteiger partial charge in [0.1, 0.15) is 5.60 Å². The molecule has 22 heavy (non-hydrogen) atoms. The summed E-state index contributed by atoms with van der Waals surface area (Å²) in [5.74, 6) is 0.733. The van der Waals surface area contributed by atoms with Gasteiger partial charge in [-0.3, -0.25) is 4.99 Å². The van der Waals surface area contributed by atoms with Gasteiger partial charge in [0.15, 0.2) is 5.96 Å². The van der Waals surface area contributed by atoms with Crippen molar-refractivity contribution < 1.29 is 9.53 Å². The molecule has 6 nitrogen and oxygen atoms in total. The van der Waals surface area contributed by atoms with Gasteiger partial charge in [0.2, 0.25) is 0 Å². The Labute approximate surface area is 152 Å². The zero-order valence-corrected chi connectivity index (χ0v) is 17.3. The third-order valence-corrected chi connectivity index (χ3v) is 2.52. The van der Waals surface area contributed by atoms with Crippen LogP contribution in [0, 0.1) is 0 Å². The van der Waals surface area contributed by atoms with E-state index < -0.39 is 5.60 Å². The van der Waals surface area contributed by atoms with E-state index in [2.05, 4.69) is 41.7 Å². The number of alkyl carbamates (subject to hydrolysis) is 1. The van der Waals surface area contributed by atoms with Gasteiger partial charge >= 0.3 is 6.09 Å². The number of hydrogen-bond acceptors (Lipinski definition) is 3. The lowest BCUT2D eigenvalue weighted by Crippen LogP contribution is -2.49. The number of aliphatic imine (C=N–C) groups is 1. The number of amides is 1. The molecule has 0 aliphatic heterocycles. The molecule has 7 heteroatoms. The predicted octanol–water partition coefficient (Wildman–Crippen LogP) is 2.87. The minimum atomic E-state index is -0.483. The van der Waals surface area contributed by atoms with Crippen LogP contribution in [-0.4, -0.2) is 43.3 Å². The summed E-state index contributed by atoms with van der Waals surface area (Å²) in [5.41, 5.74) is -0.483. The summed E-state index contributed by atoms with van der Waals surface area (Å²) >= 11 is 0. The first-order valence-electron chi connectivity index (χ1n) is 7.64. The zero-order valence-electron chi connectivity index (χ0n) is 14.9. The molecule has 0 bridgehead atoms. The Morgan fingerprint density at radius 1 is 1.23 bits per heavy atom. The SMILES string of the molecule is CCCC(CNC(=NC)NC(C)C)NC(=O)OC(C)(C)C.I. The predicted molar refractivity (Wildman–Crippen MR) is 103 cm³/mol. The molecule has 0 aromatic heterocycles. The maximum absolute atomic E-state index is 11.8. The fourth-order valence-electron chi connectivity index (χ4n) is 1.74. The molecule has 0 heterocycles. The standard InChI is InChI=1S/C15H32N4O2.HI/c1-8-9-12(19-14(20)21-15(4,5)6)10-17-13(16-7)18-11(2)3;/h11-12H,8-10H2,1-7H3,(H,19,20)(H2,16,17,18);1H. The van der Waals surface area contributed by atoms with Crippen molar-refractivity contribution in [1.29, 1.82) is 0 Å². The van der Waals surface area contributed by atoms with E-state index in [1.54, 1.807) is 7.05 Å². The van der Waals surface area contributed by atoms with E-state index in [4.69, 9.17) is 4.74 Å². The maximum atomic E-state index is 11.8. The Morgan fingerprint density at radius 2 is 1.82 bits per heavy atom. The summed E-state index contributed by atoms with van der Waals surface area (Å²) in [6.07, 6.45) is 1.48. The van der Waals surface area contributed by atoms with Gasteiger partial charge in [-0.25, -0.2) is 4.79 Å². The average Bonchev–Trinajstić information content (AvgIpc) is 2.31. The Hall–Kier alpha value is -0.730. The van der Waals surface area contributed by atoms with Crippen LogP contribution >= 0.6 is 24.0 Å². The first kappa shape index (κ1) is 23.5. The molecule has 0 saturated heterocycles. The number of carbonyl (C=O) groups is 1. The van der Waals surface area contributed by atoms with Gasteiger partial charge in [0.05, 0.1) is 0 Å². The normalized spacial score (nSPS) is 13.2. The number of hydrogen-bond donors (Lipinski definition) is 3. The lowest BCUT2D eigenvalue weighted by molar-refractivity contribution is 0.0502. The first-order valence-corrected chi connectivity index (χ1v) is 7.64. The van der Waals surface area contributed by atoms with Crippen molar-refractivity contribution in [3.05, 3.63) is 0 Å². The molecule has 0 aliphatic rings. The van der Waals surface area contributed by atoms with Crippen LogP contribution in [0.4, 0.5) is 4.79 Å². The highest BCUT2D eigenvalue weighted by Crippen LogP contribution is 2.07. The molecule has 132 valence electrons. The highest BCUT2D eigenvalue weighted by Gasteiger charge is 2.19. The van der Waals surface area contributed by atoms with E-state index in [0.717, 1.165) is 18.8 Å². The van der Waals surface area contributed by atoms with Crippen LogP contribution in [0.5, 0.6) is 0 Å². The molecule has 1 amide bonds. The third kappa shape index (κ3) is 13.0. The summed E-state index contributed by atoms with van der Waals surface area (Å²) in [7, 11) is 1.73. The second-order valence-electron chi connectivity index (χ2n) is 6.38. The number of nitrogens with zero attached hydrogens (tertiary/aromatic N) is 1. The van der Waals surface area contributed by atoms with Gasteiger partial charge < -0.3 is 20.7 Å². The monoisotopic (exact) mass is 428 g/mol. The number of nitrogens with one attached hydrogen (secondary N) is 3. The molecule has 0 saturated carbocycles. The van der Waals surface area contributed by atoms with Gasteiger partial charge in [-0.1, -0.05) is 13.3 Å². The van der Waals surface area contributed by atoms with Crippen molar-refractivity contribution in [3.63, 3.8) is 0 Å². The third-order valence-electron chi connectivity index (χ3n) is 2.52. The molecule has 0 spiro atoms. The quantitative estimate of drug-likeness (QED) is 0.346. The van der Waals surface area contributed by atoms with Crippen LogP contribution in [0.15, 0.2) is 4.99 Å². The van der Waals surface area contributed by atoms with E-state index >= 15 is 0 Å². The Bertz CT molecular complexity index is 341. The van der Waals surface area contributed by atoms with E-state index in [1.165, 1.54) is 0 Å². The summed E-state index contributed by atoms with van der Waals surface area (Å²) in [6, 6.07) is 0.315. The van der Waals surface area contributed by atoms with Gasteiger partial charge in [0, 0.05) is 25.7 Å². The molecular weight excluding hydrogens is 395 g/mol. The number of rotatable bonds is 6. The lowest BCUT2D eigenvalue weighted by Gasteiger charge is -2.24. The molecule has 0 fully saturated rings. The second-order valence-corrected chi connectivity index (χ2v) is 6.38. The van der Waals surface area contributed by atoms with E-state index in [9.17, 15) is 4.79 Å². The van der Waals surface area contributed by atoms with Gasteiger partial charge in [-0.15, -0.1) is 24.0 Å². The van der Waals surface area contributed by atoms with Gasteiger partial charge in [-0.05, 0) is 41.0 Å². The molecule has 1 atom stereocenters. The number of ether oxygens (including phenoxy) is 1. The lowest BCUT2D eigenvalue weighted by atomic mass is 10.1. The van der Waals surface area contributed by atoms with Crippen molar-refractivity contribution in [2.24, 2.45) is 4.99 Å². The van der Waals surface area contributed by atoms with Crippen LogP contribution in [0.1, 0.15) is 54.4 Å². The topological polar surface area (TPSA) is 74.8 Å². The highest BCUT2D eigenvalue weighted by molar-refractivity contribution is 14.0. The minimum absolute atomic E-state index is 0. The van der Waals surface area contributed by atoms with Crippen molar-refractivity contribution >= 4 is 36.0 Å². The fourth-order valence-corrected chi connectivity index (χ4v) is 1.74. The summed E-state index contributed by atoms with van der Waals surface area (Å²) in [6.45, 7) is 12.4. The minimum Gasteiger partial charge on any atom is -0.444 e. The molecule has 0 aromatic carbocycles. The fraction of sp³-hybridized carbons (Fsp3) is 0.867. The van der Waals surface area contributed by atoms with Gasteiger partial charge in [0.25, 0.3) is 0 Å². The first-order chi connectivity index (χ1) is 9.67. The van der Waals surface area contributed by atoms with Crippen LogP contribution in [0.25, 0.3) is 0 Å². The van der Waals surface area contributed by atoms with E-state index in [0.29, 0.717) is 12.6 Å². The van der Waals surface area contributed by atoms with Gasteiger partial charge in [-0.2, -0.15) is 0 Å². The van der Waals surface area contributed by atoms with Crippen LogP contribution in [0.2, 0.25) is 0 Å². The summed E-state index contributed by atoms with van der Waals surface area (Å²) in [5, 5.41) is 9.34. The molecule has 3 N–H and O–H groups in total. The summed E-state index contributed by atoms with van der Waals surface area (Å²) < 4.78 is 5.29. The Kier molecular flexibility index (Phi) is 12.6. The van der Waals surface area contributed by atoms with Crippen molar-refractivity contribution in [2.45, 2.75) is 72.1 Å². The van der Waals surface area contributed by atoms with Crippen molar-refractivity contribution in [3.8, 4) is 0 Å². The molecule has 0 aliphatic carbocycles. The zero-order chi connectivity index (χ0) is 16.5. The number of carbonyl (C=O) groups excluding carboxylic acids is 1. The molecule has 0 aromatic rings. The van der Waals surface area contributed by atoms with Crippen molar-refractivity contribution in [1.82, 2.24) is 16.0 Å². The molecule has 1 unspecified atom stereocenters. The molecule has 0 radical (unpaired) electrons. The van der Waals surface area contributed by atoms with E-state index in [1.807, 2.05) is 20.8 Å². The van der Waals surface area contributed by atoms with Crippen LogP contribution in [-0.2, 0) is 4.74 Å². The average molecular weight is 428 g/mol. The van der Waals surface area contributed by atoms with E-state index in [-0.39, 0.29) is 36.1 Å². The molecular formula is C15H33IN4O2. The number of halogens is 1. The molecule has 0 rings (SSSR count). The number of guanidine groups is 1. The Balaban J connectivity index is 0. The smallest absolute Gasteiger partial charge is 0.407 e.